The van der Waals surface area contributed by atoms with Crippen molar-refractivity contribution in [2.24, 2.45) is 0 Å². The van der Waals surface area contributed by atoms with Crippen LogP contribution in [0, 0.1) is 23.7 Å². The van der Waals surface area contributed by atoms with Crippen LogP contribution in [-0.2, 0) is 9.47 Å². The Morgan fingerprint density at radius 2 is 1.73 bits per heavy atom. The molecule has 0 heterocycles. The van der Waals surface area contributed by atoms with Crippen LogP contribution in [0.5, 0.6) is 0 Å². The van der Waals surface area contributed by atoms with Gasteiger partial charge in [-0.15, -0.1) is 0 Å². The molecule has 15 heavy (non-hydrogen) atoms. The smallest absolute Gasteiger partial charge is 0.108 e. The van der Waals surface area contributed by atoms with Crippen molar-refractivity contribution >= 4 is 0 Å². The Balaban J connectivity index is 3.13. The first kappa shape index (κ1) is 14.0. The van der Waals surface area contributed by atoms with Gasteiger partial charge in [0.15, 0.2) is 0 Å². The van der Waals surface area contributed by atoms with Crippen LogP contribution in [0.1, 0.15) is 13.3 Å². The lowest BCUT2D eigenvalue weighted by molar-refractivity contribution is 0.0619. The highest BCUT2D eigenvalue weighted by Crippen LogP contribution is 1.77. The fourth-order valence-electron chi connectivity index (χ4n) is 0.730. The van der Waals surface area contributed by atoms with Crippen LogP contribution in [-0.4, -0.2) is 40.0 Å². The topological polar surface area (TPSA) is 30.5 Å². The number of ether oxygens (including phenoxy) is 2. The highest BCUT2D eigenvalue weighted by atomic mass is 16.5. The normalized spacial score (nSPS) is 8.67. The lowest BCUT2D eigenvalue weighted by Gasteiger charge is -2.02. The van der Waals surface area contributed by atoms with Crippen molar-refractivity contribution in [1.29, 1.82) is 0 Å². The van der Waals surface area contributed by atoms with Crippen LogP contribution in [0.25, 0.3) is 0 Å². The molecule has 1 N–H and O–H groups in total. The van der Waals surface area contributed by atoms with Crippen molar-refractivity contribution in [3.8, 4) is 23.7 Å². The van der Waals surface area contributed by atoms with E-state index in [0.29, 0.717) is 26.4 Å². The summed E-state index contributed by atoms with van der Waals surface area (Å²) in [7, 11) is 1.90. The van der Waals surface area contributed by atoms with E-state index >= 15 is 0 Å². The molecule has 0 saturated heterocycles. The van der Waals surface area contributed by atoms with E-state index in [-0.39, 0.29) is 0 Å². The first-order chi connectivity index (χ1) is 7.41. The summed E-state index contributed by atoms with van der Waals surface area (Å²) in [5.41, 5.74) is 0. The molecule has 0 bridgehead atoms. The molecule has 3 heteroatoms. The average Bonchev–Trinajstić information content (AvgIpc) is 2.26. The van der Waals surface area contributed by atoms with Crippen LogP contribution in [0.15, 0.2) is 0 Å². The van der Waals surface area contributed by atoms with Gasteiger partial charge in [0.2, 0.25) is 0 Å². The first-order valence-electron chi connectivity index (χ1n) is 5.17. The Morgan fingerprint density at radius 1 is 1.00 bits per heavy atom. The second-order valence-electron chi connectivity index (χ2n) is 2.73. The molecule has 0 fully saturated rings. The lowest BCUT2D eigenvalue weighted by Crippen LogP contribution is -2.16. The van der Waals surface area contributed by atoms with Gasteiger partial charge in [0, 0.05) is 13.0 Å². The summed E-state index contributed by atoms with van der Waals surface area (Å²) in [6, 6.07) is 0. The zero-order valence-electron chi connectivity index (χ0n) is 9.56. The third-order valence-electron chi connectivity index (χ3n) is 1.46. The van der Waals surface area contributed by atoms with Gasteiger partial charge in [-0.05, 0) is 18.9 Å². The van der Waals surface area contributed by atoms with Crippen molar-refractivity contribution in [2.45, 2.75) is 13.3 Å². The van der Waals surface area contributed by atoms with E-state index in [1.54, 1.807) is 0 Å². The molecule has 0 saturated carbocycles. The molecule has 0 aliphatic heterocycles. The molecule has 0 aromatic heterocycles. The monoisotopic (exact) mass is 209 g/mol. The summed E-state index contributed by atoms with van der Waals surface area (Å²) < 4.78 is 10.5. The SMILES string of the molecule is CCC#CC#CCOCCOCCNC. The van der Waals surface area contributed by atoms with Gasteiger partial charge in [0.25, 0.3) is 0 Å². The summed E-state index contributed by atoms with van der Waals surface area (Å²) in [6.45, 7) is 5.20. The number of nitrogens with one attached hydrogen (secondary N) is 1. The van der Waals surface area contributed by atoms with E-state index in [1.165, 1.54) is 0 Å². The van der Waals surface area contributed by atoms with E-state index in [2.05, 4.69) is 29.0 Å². The summed E-state index contributed by atoms with van der Waals surface area (Å²) in [4.78, 5) is 0. The Morgan fingerprint density at radius 3 is 2.47 bits per heavy atom. The molecule has 0 aromatic rings. The zero-order chi connectivity index (χ0) is 11.2. The fraction of sp³-hybridized carbons (Fsp3) is 0.667. The van der Waals surface area contributed by atoms with E-state index in [0.717, 1.165) is 13.0 Å². The second kappa shape index (κ2) is 13.0. The molecule has 0 rings (SSSR count). The van der Waals surface area contributed by atoms with E-state index < -0.39 is 0 Å². The minimum Gasteiger partial charge on any atom is -0.378 e. The maximum absolute atomic E-state index is 5.26. The van der Waals surface area contributed by atoms with Gasteiger partial charge in [-0.1, -0.05) is 18.8 Å². The quantitative estimate of drug-likeness (QED) is 0.493. The van der Waals surface area contributed by atoms with Gasteiger partial charge in [-0.25, -0.2) is 0 Å². The molecule has 0 aromatic carbocycles. The van der Waals surface area contributed by atoms with Crippen LogP contribution in [0.3, 0.4) is 0 Å². The Labute approximate surface area is 92.5 Å². The van der Waals surface area contributed by atoms with E-state index in [4.69, 9.17) is 9.47 Å². The molecule has 0 spiro atoms. The van der Waals surface area contributed by atoms with E-state index in [1.807, 2.05) is 14.0 Å². The van der Waals surface area contributed by atoms with Crippen LogP contribution in [0.2, 0.25) is 0 Å². The molecule has 0 amide bonds. The summed E-state index contributed by atoms with van der Waals surface area (Å²) in [5, 5.41) is 3.00. The first-order valence-corrected chi connectivity index (χ1v) is 5.17. The molecule has 0 atom stereocenters. The van der Waals surface area contributed by atoms with Crippen molar-refractivity contribution in [2.75, 3.05) is 40.0 Å². The predicted molar refractivity (Wildman–Crippen MR) is 61.4 cm³/mol. The Hall–Kier alpha value is -1.00. The molecule has 0 aliphatic rings. The molecular weight excluding hydrogens is 190 g/mol. The highest BCUT2D eigenvalue weighted by Gasteiger charge is 1.86. The van der Waals surface area contributed by atoms with Gasteiger partial charge < -0.3 is 14.8 Å². The van der Waals surface area contributed by atoms with Crippen LogP contribution >= 0.6 is 0 Å². The number of hydrogen-bond acceptors (Lipinski definition) is 3. The maximum Gasteiger partial charge on any atom is 0.108 e. The van der Waals surface area contributed by atoms with Gasteiger partial charge in [0.1, 0.15) is 6.61 Å². The van der Waals surface area contributed by atoms with Crippen molar-refractivity contribution < 1.29 is 9.47 Å². The second-order valence-corrected chi connectivity index (χ2v) is 2.73. The third kappa shape index (κ3) is 13.0. The minimum atomic E-state index is 0.424. The van der Waals surface area contributed by atoms with Crippen molar-refractivity contribution in [3.05, 3.63) is 0 Å². The van der Waals surface area contributed by atoms with Gasteiger partial charge in [-0.2, -0.15) is 0 Å². The molecule has 0 aliphatic carbocycles. The standard InChI is InChI=1S/C12H19NO2/c1-3-4-5-6-7-9-14-11-12-15-10-8-13-2/h13H,3,8-12H2,1-2H3. The third-order valence-corrected chi connectivity index (χ3v) is 1.46. The largest absolute Gasteiger partial charge is 0.378 e. The zero-order valence-corrected chi connectivity index (χ0v) is 9.56. The highest BCUT2D eigenvalue weighted by molar-refractivity contribution is 5.25. The predicted octanol–water partition coefficient (Wildman–Crippen LogP) is 0.656. The molecule has 0 unspecified atom stereocenters. The molecule has 3 nitrogen and oxygen atoms in total. The van der Waals surface area contributed by atoms with Crippen LogP contribution < -0.4 is 5.32 Å². The Bertz CT molecular complexity index is 242. The summed E-state index contributed by atoms with van der Waals surface area (Å²) >= 11 is 0. The summed E-state index contributed by atoms with van der Waals surface area (Å²) in [6.07, 6.45) is 0.842. The van der Waals surface area contributed by atoms with Crippen molar-refractivity contribution in [1.82, 2.24) is 5.32 Å². The molecule has 0 radical (unpaired) electrons. The van der Waals surface area contributed by atoms with E-state index in [9.17, 15) is 0 Å². The minimum absolute atomic E-state index is 0.424. The fourth-order valence-corrected chi connectivity index (χ4v) is 0.730. The maximum atomic E-state index is 5.26. The van der Waals surface area contributed by atoms with Crippen molar-refractivity contribution in [3.63, 3.8) is 0 Å². The Kier molecular flexibility index (Phi) is 12.1. The van der Waals surface area contributed by atoms with Gasteiger partial charge >= 0.3 is 0 Å². The summed E-state index contributed by atoms with van der Waals surface area (Å²) in [5.74, 6) is 11.1. The van der Waals surface area contributed by atoms with Crippen LogP contribution in [0.4, 0.5) is 0 Å². The average molecular weight is 209 g/mol. The molecule has 84 valence electrons. The number of hydrogen-bond donors (Lipinski definition) is 1. The number of rotatable bonds is 7. The number of likely N-dealkylation sites (N-methyl/N-ethyl adjacent to an activating group) is 1. The van der Waals surface area contributed by atoms with Gasteiger partial charge in [0.05, 0.1) is 19.8 Å². The lowest BCUT2D eigenvalue weighted by atomic mass is 10.4. The van der Waals surface area contributed by atoms with Gasteiger partial charge in [-0.3, -0.25) is 0 Å². The molecular formula is C12H19NO2.